The number of benzene rings is 1. The molecule has 0 heterocycles. The molecule has 0 bridgehead atoms. The summed E-state index contributed by atoms with van der Waals surface area (Å²) in [5.74, 6) is 0. The number of likely N-dealkylation sites (N-methyl/N-ethyl adjacent to an activating group) is 1. The molecule has 1 N–H and O–H groups in total. The molecule has 0 radical (unpaired) electrons. The third-order valence-corrected chi connectivity index (χ3v) is 2.42. The van der Waals surface area contributed by atoms with Gasteiger partial charge in [-0.25, -0.2) is 0 Å². The van der Waals surface area contributed by atoms with Crippen molar-refractivity contribution >= 4 is 11.6 Å². The lowest BCUT2D eigenvalue weighted by Crippen LogP contribution is -2.24. The highest BCUT2D eigenvalue weighted by Gasteiger charge is 2.04. The maximum atomic E-state index is 6.02. The molecule has 1 unspecified atom stereocenters. The minimum atomic E-state index is 0.292. The van der Waals surface area contributed by atoms with Gasteiger partial charge in [0.2, 0.25) is 0 Å². The Labute approximate surface area is 84.4 Å². The summed E-state index contributed by atoms with van der Waals surface area (Å²) in [5.41, 5.74) is 1.16. The van der Waals surface area contributed by atoms with Crippen molar-refractivity contribution in [1.82, 2.24) is 5.32 Å². The van der Waals surface area contributed by atoms with Gasteiger partial charge in [0.25, 0.3) is 0 Å². The Morgan fingerprint density at radius 3 is 2.77 bits per heavy atom. The summed E-state index contributed by atoms with van der Waals surface area (Å²) in [7, 11) is 1.92. The van der Waals surface area contributed by atoms with Crippen molar-refractivity contribution in [1.29, 1.82) is 0 Å². The highest BCUT2D eigenvalue weighted by molar-refractivity contribution is 6.31. The van der Waals surface area contributed by atoms with Gasteiger partial charge in [-0.3, -0.25) is 0 Å². The molecule has 1 nitrogen and oxygen atoms in total. The van der Waals surface area contributed by atoms with Gasteiger partial charge in [-0.1, -0.05) is 35.9 Å². The van der Waals surface area contributed by atoms with Crippen LogP contribution in [0.2, 0.25) is 5.02 Å². The summed E-state index contributed by atoms with van der Waals surface area (Å²) in [6.07, 6.45) is 2.78. The molecular formula is C11H14ClN. The molecule has 1 aromatic carbocycles. The predicted molar refractivity (Wildman–Crippen MR) is 58.2 cm³/mol. The largest absolute Gasteiger partial charge is 0.313 e. The molecule has 1 rings (SSSR count). The Bertz CT molecular complexity index is 283. The van der Waals surface area contributed by atoms with Crippen molar-refractivity contribution in [3.8, 4) is 0 Å². The first-order chi connectivity index (χ1) is 6.27. The predicted octanol–water partition coefficient (Wildman–Crippen LogP) is 2.66. The lowest BCUT2D eigenvalue weighted by atomic mass is 10.1. The van der Waals surface area contributed by atoms with E-state index in [9.17, 15) is 0 Å². The van der Waals surface area contributed by atoms with Crippen LogP contribution in [0.25, 0.3) is 0 Å². The quantitative estimate of drug-likeness (QED) is 0.729. The molecule has 13 heavy (non-hydrogen) atoms. The minimum Gasteiger partial charge on any atom is -0.313 e. The van der Waals surface area contributed by atoms with E-state index in [0.29, 0.717) is 6.04 Å². The summed E-state index contributed by atoms with van der Waals surface area (Å²) in [6, 6.07) is 8.17. The molecule has 0 fully saturated rings. The van der Waals surface area contributed by atoms with E-state index in [0.717, 1.165) is 17.0 Å². The zero-order valence-corrected chi connectivity index (χ0v) is 8.51. The lowest BCUT2D eigenvalue weighted by molar-refractivity contribution is 0.665. The maximum absolute atomic E-state index is 6.02. The Morgan fingerprint density at radius 2 is 2.23 bits per heavy atom. The van der Waals surface area contributed by atoms with Gasteiger partial charge in [0.1, 0.15) is 0 Å². The van der Waals surface area contributed by atoms with Gasteiger partial charge in [0.05, 0.1) is 0 Å². The van der Waals surface area contributed by atoms with Crippen LogP contribution < -0.4 is 5.32 Å². The fraction of sp³-hybridized carbons (Fsp3) is 0.273. The van der Waals surface area contributed by atoms with Crippen LogP contribution in [0.1, 0.15) is 5.56 Å². The SMILES string of the molecule is C=CC(Cc1ccccc1Cl)NC. The molecule has 0 aliphatic heterocycles. The Balaban J connectivity index is 2.73. The molecule has 0 amide bonds. The van der Waals surface area contributed by atoms with Gasteiger partial charge in [-0.2, -0.15) is 0 Å². The summed E-state index contributed by atoms with van der Waals surface area (Å²) in [5, 5.41) is 3.97. The van der Waals surface area contributed by atoms with Crippen molar-refractivity contribution < 1.29 is 0 Å². The number of hydrogen-bond acceptors (Lipinski definition) is 1. The molecule has 0 spiro atoms. The van der Waals surface area contributed by atoms with Crippen LogP contribution in [-0.4, -0.2) is 13.1 Å². The van der Waals surface area contributed by atoms with Crippen LogP contribution in [0, 0.1) is 0 Å². The third-order valence-electron chi connectivity index (χ3n) is 2.05. The van der Waals surface area contributed by atoms with E-state index >= 15 is 0 Å². The normalized spacial score (nSPS) is 12.5. The molecule has 2 heteroatoms. The highest BCUT2D eigenvalue weighted by Crippen LogP contribution is 2.16. The fourth-order valence-electron chi connectivity index (χ4n) is 1.20. The summed E-state index contributed by atoms with van der Waals surface area (Å²) in [6.45, 7) is 3.75. The summed E-state index contributed by atoms with van der Waals surface area (Å²) in [4.78, 5) is 0. The molecule has 1 atom stereocenters. The lowest BCUT2D eigenvalue weighted by Gasteiger charge is -2.11. The Kier molecular flexibility index (Phi) is 4.00. The van der Waals surface area contributed by atoms with Crippen LogP contribution in [0.3, 0.4) is 0 Å². The molecule has 0 aliphatic rings. The highest BCUT2D eigenvalue weighted by atomic mass is 35.5. The zero-order chi connectivity index (χ0) is 9.68. The van der Waals surface area contributed by atoms with E-state index in [1.807, 2.05) is 37.4 Å². The number of rotatable bonds is 4. The van der Waals surface area contributed by atoms with Crippen molar-refractivity contribution in [3.05, 3.63) is 47.5 Å². The zero-order valence-electron chi connectivity index (χ0n) is 7.76. The Hall–Kier alpha value is -0.790. The number of halogens is 1. The van der Waals surface area contributed by atoms with Gasteiger partial charge >= 0.3 is 0 Å². The first-order valence-electron chi connectivity index (χ1n) is 4.31. The van der Waals surface area contributed by atoms with Crippen molar-refractivity contribution in [3.63, 3.8) is 0 Å². The average Bonchev–Trinajstić information content (AvgIpc) is 2.17. The van der Waals surface area contributed by atoms with E-state index in [1.165, 1.54) is 0 Å². The molecular weight excluding hydrogens is 182 g/mol. The van der Waals surface area contributed by atoms with Crippen molar-refractivity contribution in [2.75, 3.05) is 7.05 Å². The first-order valence-corrected chi connectivity index (χ1v) is 4.69. The average molecular weight is 196 g/mol. The topological polar surface area (TPSA) is 12.0 Å². The summed E-state index contributed by atoms with van der Waals surface area (Å²) >= 11 is 6.02. The molecule has 0 aromatic heterocycles. The second-order valence-corrected chi connectivity index (χ2v) is 3.33. The minimum absolute atomic E-state index is 0.292. The molecule has 1 aromatic rings. The second kappa shape index (κ2) is 5.05. The van der Waals surface area contributed by atoms with Gasteiger partial charge < -0.3 is 5.32 Å². The van der Waals surface area contributed by atoms with E-state index in [-0.39, 0.29) is 0 Å². The molecule has 0 aliphatic carbocycles. The van der Waals surface area contributed by atoms with Crippen LogP contribution in [-0.2, 0) is 6.42 Å². The fourth-order valence-corrected chi connectivity index (χ4v) is 1.42. The second-order valence-electron chi connectivity index (χ2n) is 2.93. The van der Waals surface area contributed by atoms with E-state index < -0.39 is 0 Å². The molecule has 0 saturated carbocycles. The van der Waals surface area contributed by atoms with Crippen molar-refractivity contribution in [2.45, 2.75) is 12.5 Å². The van der Waals surface area contributed by atoms with Gasteiger partial charge in [-0.15, -0.1) is 6.58 Å². The van der Waals surface area contributed by atoms with E-state index in [1.54, 1.807) is 0 Å². The Morgan fingerprint density at radius 1 is 1.54 bits per heavy atom. The van der Waals surface area contributed by atoms with Crippen LogP contribution in [0.15, 0.2) is 36.9 Å². The monoisotopic (exact) mass is 195 g/mol. The smallest absolute Gasteiger partial charge is 0.0438 e. The number of hydrogen-bond donors (Lipinski definition) is 1. The van der Waals surface area contributed by atoms with Gasteiger partial charge in [-0.05, 0) is 25.1 Å². The summed E-state index contributed by atoms with van der Waals surface area (Å²) < 4.78 is 0. The third kappa shape index (κ3) is 2.87. The van der Waals surface area contributed by atoms with Gasteiger partial charge in [0, 0.05) is 11.1 Å². The number of nitrogens with one attached hydrogen (secondary N) is 1. The standard InChI is InChI=1S/C11H14ClN/c1-3-10(13-2)8-9-6-4-5-7-11(9)12/h3-7,10,13H,1,8H2,2H3. The van der Waals surface area contributed by atoms with E-state index in [4.69, 9.17) is 11.6 Å². The maximum Gasteiger partial charge on any atom is 0.0438 e. The molecule has 0 saturated heterocycles. The van der Waals surface area contributed by atoms with E-state index in [2.05, 4.69) is 11.9 Å². The van der Waals surface area contributed by atoms with Crippen LogP contribution in [0.4, 0.5) is 0 Å². The van der Waals surface area contributed by atoms with Crippen molar-refractivity contribution in [2.24, 2.45) is 0 Å². The molecule has 70 valence electrons. The van der Waals surface area contributed by atoms with Crippen LogP contribution >= 0.6 is 11.6 Å². The van der Waals surface area contributed by atoms with Crippen LogP contribution in [0.5, 0.6) is 0 Å². The first kappa shape index (κ1) is 10.3. The van der Waals surface area contributed by atoms with Gasteiger partial charge in [0.15, 0.2) is 0 Å².